The van der Waals surface area contributed by atoms with Crippen LogP contribution in [0.4, 0.5) is 0 Å². The average Bonchev–Trinajstić information content (AvgIpc) is 3.36. The van der Waals surface area contributed by atoms with Crippen LogP contribution in [0.1, 0.15) is 11.7 Å². The van der Waals surface area contributed by atoms with Crippen LogP contribution >= 0.6 is 0 Å². The van der Waals surface area contributed by atoms with Crippen LogP contribution in [0.15, 0.2) is 47.9 Å². The number of hydrogen-bond donors (Lipinski definition) is 1. The van der Waals surface area contributed by atoms with Crippen molar-refractivity contribution in [2.75, 3.05) is 13.2 Å². The zero-order valence-electron chi connectivity index (χ0n) is 16.6. The number of nitrogens with zero attached hydrogens (tertiary/aromatic N) is 6. The predicted molar refractivity (Wildman–Crippen MR) is 110 cm³/mol. The van der Waals surface area contributed by atoms with Gasteiger partial charge in [0.15, 0.2) is 0 Å². The van der Waals surface area contributed by atoms with Crippen molar-refractivity contribution in [3.05, 3.63) is 59.2 Å². The number of pyridine rings is 2. The molecule has 9 nitrogen and oxygen atoms in total. The number of rotatable bonds is 3. The van der Waals surface area contributed by atoms with Gasteiger partial charge in [0.05, 0.1) is 42.9 Å². The molecule has 0 radical (unpaired) electrons. The first-order valence-electron chi connectivity index (χ1n) is 9.61. The van der Waals surface area contributed by atoms with Gasteiger partial charge in [-0.25, -0.2) is 9.97 Å². The van der Waals surface area contributed by atoms with Gasteiger partial charge in [0.2, 0.25) is 0 Å². The monoisotopic (exact) mass is 404 g/mol. The fourth-order valence-electron chi connectivity index (χ4n) is 3.69. The van der Waals surface area contributed by atoms with E-state index in [1.165, 1.54) is 10.9 Å². The van der Waals surface area contributed by atoms with E-state index in [9.17, 15) is 9.90 Å². The van der Waals surface area contributed by atoms with Crippen molar-refractivity contribution >= 4 is 10.9 Å². The van der Waals surface area contributed by atoms with Crippen molar-refractivity contribution < 1.29 is 9.84 Å². The standard InChI is InChI=1S/C21H20N6O3/c1-12-3-4-13(6-22-12)16-5-15-20(19(25-16)14-7-24-26(2)8-14)23-11-27(21(15)29)17-9-30-10-18(17)28/h3-8,11,17-18,28H,9-10H2,1-2H3/t17-,18+/m0/s1. The Morgan fingerprint density at radius 3 is 2.70 bits per heavy atom. The SMILES string of the molecule is Cc1ccc(-c2cc3c(=O)n([C@H]4COC[C@H]4O)cnc3c(-c3cnn(C)c3)n2)cn1. The Balaban J connectivity index is 1.78. The van der Waals surface area contributed by atoms with Crippen molar-refractivity contribution in [3.63, 3.8) is 0 Å². The molecule has 5 heterocycles. The first-order chi connectivity index (χ1) is 14.5. The molecule has 4 aromatic heterocycles. The Kier molecular flexibility index (Phi) is 4.41. The number of ether oxygens (including phenoxy) is 1. The van der Waals surface area contributed by atoms with E-state index in [1.54, 1.807) is 23.1 Å². The highest BCUT2D eigenvalue weighted by atomic mass is 16.5. The van der Waals surface area contributed by atoms with Crippen molar-refractivity contribution in [2.24, 2.45) is 7.05 Å². The number of hydrogen-bond acceptors (Lipinski definition) is 7. The van der Waals surface area contributed by atoms with Crippen LogP contribution in [0, 0.1) is 6.92 Å². The third-order valence-electron chi connectivity index (χ3n) is 5.33. The molecular formula is C21H20N6O3. The molecule has 9 heteroatoms. The second-order valence-corrected chi connectivity index (χ2v) is 7.47. The van der Waals surface area contributed by atoms with Crippen molar-refractivity contribution in [1.82, 2.24) is 29.3 Å². The molecule has 1 N–H and O–H groups in total. The summed E-state index contributed by atoms with van der Waals surface area (Å²) in [4.78, 5) is 27.1. The second-order valence-electron chi connectivity index (χ2n) is 7.47. The predicted octanol–water partition coefficient (Wildman–Crippen LogP) is 1.49. The molecule has 1 aliphatic rings. The molecule has 0 bridgehead atoms. The topological polar surface area (TPSA) is 108 Å². The Labute approximate surface area is 171 Å². The number of aromatic nitrogens is 6. The quantitative estimate of drug-likeness (QED) is 0.551. The summed E-state index contributed by atoms with van der Waals surface area (Å²) in [7, 11) is 1.82. The summed E-state index contributed by atoms with van der Waals surface area (Å²) >= 11 is 0. The van der Waals surface area contributed by atoms with E-state index in [2.05, 4.69) is 15.1 Å². The van der Waals surface area contributed by atoms with Crippen LogP contribution in [0.25, 0.3) is 33.4 Å². The van der Waals surface area contributed by atoms with E-state index >= 15 is 0 Å². The molecule has 0 aliphatic carbocycles. The minimum Gasteiger partial charge on any atom is -0.388 e. The maximum Gasteiger partial charge on any atom is 0.261 e. The minimum atomic E-state index is -0.748. The lowest BCUT2D eigenvalue weighted by molar-refractivity contribution is 0.119. The Morgan fingerprint density at radius 2 is 2.03 bits per heavy atom. The number of aliphatic hydroxyl groups is 1. The molecule has 5 rings (SSSR count). The fourth-order valence-corrected chi connectivity index (χ4v) is 3.69. The van der Waals surface area contributed by atoms with E-state index in [-0.39, 0.29) is 18.8 Å². The third kappa shape index (κ3) is 3.08. The number of aryl methyl sites for hydroxylation is 2. The molecule has 152 valence electrons. The van der Waals surface area contributed by atoms with E-state index in [0.717, 1.165) is 16.8 Å². The highest BCUT2D eigenvalue weighted by Crippen LogP contribution is 2.29. The van der Waals surface area contributed by atoms with Gasteiger partial charge in [-0.3, -0.25) is 19.0 Å². The molecule has 0 unspecified atom stereocenters. The zero-order valence-corrected chi connectivity index (χ0v) is 16.6. The number of fused-ring (bicyclic) bond motifs is 1. The third-order valence-corrected chi connectivity index (χ3v) is 5.33. The first-order valence-corrected chi connectivity index (χ1v) is 9.61. The van der Waals surface area contributed by atoms with Gasteiger partial charge < -0.3 is 9.84 Å². The van der Waals surface area contributed by atoms with Gasteiger partial charge in [-0.2, -0.15) is 5.10 Å². The zero-order chi connectivity index (χ0) is 20.8. The van der Waals surface area contributed by atoms with Crippen LogP contribution in [0.3, 0.4) is 0 Å². The minimum absolute atomic E-state index is 0.201. The summed E-state index contributed by atoms with van der Waals surface area (Å²) in [6.45, 7) is 2.38. The Bertz CT molecular complexity index is 1290. The summed E-state index contributed by atoms with van der Waals surface area (Å²) in [5, 5.41) is 14.8. The molecule has 1 fully saturated rings. The summed E-state index contributed by atoms with van der Waals surface area (Å²) in [6, 6.07) is 5.09. The molecule has 2 atom stereocenters. The van der Waals surface area contributed by atoms with E-state index < -0.39 is 12.1 Å². The first kappa shape index (κ1) is 18.6. The van der Waals surface area contributed by atoms with Crippen LogP contribution in [0.5, 0.6) is 0 Å². The lowest BCUT2D eigenvalue weighted by atomic mass is 10.1. The second kappa shape index (κ2) is 7.12. The lowest BCUT2D eigenvalue weighted by Crippen LogP contribution is -2.32. The van der Waals surface area contributed by atoms with E-state index in [4.69, 9.17) is 9.72 Å². The molecular weight excluding hydrogens is 384 g/mol. The molecule has 4 aromatic rings. The van der Waals surface area contributed by atoms with Crippen LogP contribution < -0.4 is 5.56 Å². The molecule has 0 saturated carbocycles. The summed E-state index contributed by atoms with van der Waals surface area (Å²) in [6.07, 6.45) is 5.98. The maximum atomic E-state index is 13.4. The Hall–Kier alpha value is -3.43. The van der Waals surface area contributed by atoms with Crippen LogP contribution in [0.2, 0.25) is 0 Å². The van der Waals surface area contributed by atoms with Gasteiger partial charge in [-0.05, 0) is 25.1 Å². The number of aliphatic hydroxyl groups excluding tert-OH is 1. The molecule has 30 heavy (non-hydrogen) atoms. The van der Waals surface area contributed by atoms with Crippen LogP contribution in [-0.2, 0) is 11.8 Å². The van der Waals surface area contributed by atoms with Crippen molar-refractivity contribution in [1.29, 1.82) is 0 Å². The molecule has 0 spiro atoms. The summed E-state index contributed by atoms with van der Waals surface area (Å²) in [5.41, 5.74) is 3.89. The smallest absolute Gasteiger partial charge is 0.261 e. The molecule has 1 aliphatic heterocycles. The van der Waals surface area contributed by atoms with Crippen molar-refractivity contribution in [3.8, 4) is 22.5 Å². The molecule has 0 amide bonds. The molecule has 0 aromatic carbocycles. The van der Waals surface area contributed by atoms with Crippen molar-refractivity contribution in [2.45, 2.75) is 19.1 Å². The highest BCUT2D eigenvalue weighted by molar-refractivity contribution is 5.93. The fraction of sp³-hybridized carbons (Fsp3) is 0.286. The van der Waals surface area contributed by atoms with Gasteiger partial charge >= 0.3 is 0 Å². The van der Waals surface area contributed by atoms with Gasteiger partial charge in [0.1, 0.15) is 17.3 Å². The summed E-state index contributed by atoms with van der Waals surface area (Å²) in [5.74, 6) is 0. The summed E-state index contributed by atoms with van der Waals surface area (Å²) < 4.78 is 8.45. The van der Waals surface area contributed by atoms with E-state index in [0.29, 0.717) is 22.3 Å². The molecule has 1 saturated heterocycles. The van der Waals surface area contributed by atoms with Crippen LogP contribution in [-0.4, -0.2) is 53.7 Å². The normalized spacial score (nSPS) is 18.9. The average molecular weight is 404 g/mol. The largest absolute Gasteiger partial charge is 0.388 e. The Morgan fingerprint density at radius 1 is 1.17 bits per heavy atom. The van der Waals surface area contributed by atoms with Gasteiger partial charge in [-0.1, -0.05) is 0 Å². The van der Waals surface area contributed by atoms with E-state index in [1.807, 2.05) is 32.3 Å². The van der Waals surface area contributed by atoms with Gasteiger partial charge in [0, 0.05) is 36.3 Å². The highest BCUT2D eigenvalue weighted by Gasteiger charge is 2.29. The van der Waals surface area contributed by atoms with Gasteiger partial charge in [0.25, 0.3) is 5.56 Å². The maximum absolute atomic E-state index is 13.4. The lowest BCUT2D eigenvalue weighted by Gasteiger charge is -2.16. The van der Waals surface area contributed by atoms with Gasteiger partial charge in [-0.15, -0.1) is 0 Å².